The number of aryl methyl sites for hydroxylation is 2. The highest BCUT2D eigenvalue weighted by Gasteiger charge is 2.34. The van der Waals surface area contributed by atoms with Crippen LogP contribution in [0.5, 0.6) is 11.5 Å². The minimum atomic E-state index is -4.32. The fourth-order valence-electron chi connectivity index (χ4n) is 3.90. The largest absolute Gasteiger partial charge is 0.488 e. The Hall–Kier alpha value is -3.59. The maximum absolute atomic E-state index is 13.0. The number of aromatic nitrogens is 1. The van der Waals surface area contributed by atoms with Crippen LogP contribution in [-0.4, -0.2) is 22.2 Å². The SMILES string of the molecule is Cc1cc(OCc2sc(C3=CC=C(C(F)(F)F)CC3)nc2COc2ccccc2)ccc1CCC(=O)O. The lowest BCUT2D eigenvalue weighted by Gasteiger charge is -2.15. The van der Waals surface area contributed by atoms with E-state index in [9.17, 15) is 18.0 Å². The van der Waals surface area contributed by atoms with Crippen LogP contribution < -0.4 is 9.47 Å². The van der Waals surface area contributed by atoms with Gasteiger partial charge in [-0.05, 0) is 67.2 Å². The predicted molar refractivity (Wildman–Crippen MR) is 136 cm³/mol. The second-order valence-electron chi connectivity index (χ2n) is 8.64. The number of hydrogen-bond donors (Lipinski definition) is 1. The van der Waals surface area contributed by atoms with Crippen molar-refractivity contribution in [3.05, 3.63) is 93.0 Å². The van der Waals surface area contributed by atoms with Crippen LogP contribution in [0, 0.1) is 6.92 Å². The van der Waals surface area contributed by atoms with Gasteiger partial charge in [0.1, 0.15) is 29.7 Å². The molecule has 0 atom stereocenters. The Morgan fingerprint density at radius 3 is 2.43 bits per heavy atom. The summed E-state index contributed by atoms with van der Waals surface area (Å²) >= 11 is 1.39. The molecule has 2 aromatic carbocycles. The van der Waals surface area contributed by atoms with Gasteiger partial charge in [0.25, 0.3) is 0 Å². The number of benzene rings is 2. The number of carboxylic acid groups (broad SMARTS) is 1. The van der Waals surface area contributed by atoms with E-state index in [1.54, 1.807) is 6.07 Å². The van der Waals surface area contributed by atoms with Crippen molar-refractivity contribution in [3.8, 4) is 11.5 Å². The highest BCUT2D eigenvalue weighted by Crippen LogP contribution is 2.37. The molecule has 0 spiro atoms. The molecule has 1 N–H and O–H groups in total. The molecule has 3 aromatic rings. The lowest BCUT2D eigenvalue weighted by Crippen LogP contribution is -2.13. The van der Waals surface area contributed by atoms with Gasteiger partial charge >= 0.3 is 12.1 Å². The summed E-state index contributed by atoms with van der Waals surface area (Å²) in [7, 11) is 0. The number of nitrogens with zero attached hydrogens (tertiary/aromatic N) is 1. The fraction of sp³-hybridized carbons (Fsp3) is 0.286. The zero-order chi connectivity index (χ0) is 26.4. The van der Waals surface area contributed by atoms with Crippen molar-refractivity contribution < 1.29 is 32.5 Å². The van der Waals surface area contributed by atoms with E-state index in [0.29, 0.717) is 28.6 Å². The monoisotopic (exact) mass is 529 g/mol. The van der Waals surface area contributed by atoms with E-state index >= 15 is 0 Å². The predicted octanol–water partition coefficient (Wildman–Crippen LogP) is 7.29. The lowest BCUT2D eigenvalue weighted by atomic mass is 9.98. The summed E-state index contributed by atoms with van der Waals surface area (Å²) in [6.45, 7) is 2.32. The molecule has 1 aliphatic carbocycles. The first-order valence-electron chi connectivity index (χ1n) is 11.8. The summed E-state index contributed by atoms with van der Waals surface area (Å²) in [6, 6.07) is 14.8. The molecule has 0 saturated heterocycles. The molecule has 0 amide bonds. The first-order chi connectivity index (χ1) is 17.7. The molecule has 0 saturated carbocycles. The lowest BCUT2D eigenvalue weighted by molar-refractivity contribution is -0.136. The van der Waals surface area contributed by atoms with Crippen molar-refractivity contribution in [3.63, 3.8) is 0 Å². The molecular formula is C28H26F3NO4S. The smallest absolute Gasteiger partial charge is 0.412 e. The summed E-state index contributed by atoms with van der Waals surface area (Å²) in [5.41, 5.74) is 2.78. The zero-order valence-electron chi connectivity index (χ0n) is 20.2. The number of hydrogen-bond acceptors (Lipinski definition) is 5. The third-order valence-corrected chi connectivity index (χ3v) is 7.12. The second kappa shape index (κ2) is 11.6. The summed E-state index contributed by atoms with van der Waals surface area (Å²) in [5, 5.41) is 9.58. The van der Waals surface area contributed by atoms with E-state index in [0.717, 1.165) is 27.7 Å². The third-order valence-electron chi connectivity index (χ3n) is 5.98. The first-order valence-corrected chi connectivity index (χ1v) is 12.6. The van der Waals surface area contributed by atoms with Gasteiger partial charge < -0.3 is 14.6 Å². The molecule has 0 unspecified atom stereocenters. The molecule has 1 aromatic heterocycles. The Morgan fingerprint density at radius 1 is 1.03 bits per heavy atom. The van der Waals surface area contributed by atoms with E-state index in [4.69, 9.17) is 19.6 Å². The van der Waals surface area contributed by atoms with Crippen molar-refractivity contribution >= 4 is 22.9 Å². The van der Waals surface area contributed by atoms with Gasteiger partial charge in [-0.15, -0.1) is 11.3 Å². The van der Waals surface area contributed by atoms with Crippen LogP contribution in [0.15, 0.2) is 66.3 Å². The number of carboxylic acids is 1. The first kappa shape index (κ1) is 26.5. The van der Waals surface area contributed by atoms with Gasteiger partial charge in [-0.2, -0.15) is 13.2 Å². The maximum atomic E-state index is 13.0. The second-order valence-corrected chi connectivity index (χ2v) is 9.73. The molecule has 1 heterocycles. The number of ether oxygens (including phenoxy) is 2. The summed E-state index contributed by atoms with van der Waals surface area (Å²) < 4.78 is 51.0. The number of carbonyl (C=O) groups is 1. The maximum Gasteiger partial charge on any atom is 0.412 e. The van der Waals surface area contributed by atoms with E-state index in [1.165, 1.54) is 17.4 Å². The molecule has 0 fully saturated rings. The Kier molecular flexibility index (Phi) is 8.33. The highest BCUT2D eigenvalue weighted by atomic mass is 32.1. The van der Waals surface area contributed by atoms with E-state index in [2.05, 4.69) is 0 Å². The molecule has 0 radical (unpaired) electrons. The average molecular weight is 530 g/mol. The van der Waals surface area contributed by atoms with Crippen LogP contribution in [0.4, 0.5) is 13.2 Å². The quantitative estimate of drug-likeness (QED) is 0.299. The van der Waals surface area contributed by atoms with E-state index in [1.807, 2.05) is 49.4 Å². The van der Waals surface area contributed by atoms with Gasteiger partial charge in [0, 0.05) is 12.0 Å². The minimum absolute atomic E-state index is 0.0605. The number of rotatable bonds is 10. The summed E-state index contributed by atoms with van der Waals surface area (Å²) in [5.74, 6) is 0.478. The van der Waals surface area contributed by atoms with Crippen LogP contribution in [0.1, 0.15) is 46.0 Å². The molecular weight excluding hydrogens is 503 g/mol. The Bertz CT molecular complexity index is 1310. The molecule has 194 valence electrons. The van der Waals surface area contributed by atoms with Gasteiger partial charge in [-0.3, -0.25) is 4.79 Å². The Balaban J connectivity index is 1.52. The standard InChI is InChI=1S/C28H26F3NO4S/c1-18-15-23(13-9-19(18)10-14-26(33)34)36-17-25-24(16-35-22-5-3-2-4-6-22)32-27(37-25)20-7-11-21(12-8-20)28(29,30)31/h2-7,9,11,13,15H,8,10,12,14,16-17H2,1H3,(H,33,34). The number of alkyl halides is 3. The number of allylic oxidation sites excluding steroid dienone is 4. The highest BCUT2D eigenvalue weighted by molar-refractivity contribution is 7.12. The average Bonchev–Trinajstić information content (AvgIpc) is 3.29. The number of halogens is 3. The molecule has 37 heavy (non-hydrogen) atoms. The van der Waals surface area contributed by atoms with Crippen molar-refractivity contribution in [1.82, 2.24) is 4.98 Å². The molecule has 9 heteroatoms. The van der Waals surface area contributed by atoms with Gasteiger partial charge in [0.2, 0.25) is 0 Å². The Morgan fingerprint density at radius 2 is 1.78 bits per heavy atom. The van der Waals surface area contributed by atoms with Gasteiger partial charge in [-0.25, -0.2) is 4.98 Å². The van der Waals surface area contributed by atoms with Crippen molar-refractivity contribution in [1.29, 1.82) is 0 Å². The normalized spacial score (nSPS) is 13.6. The van der Waals surface area contributed by atoms with Crippen molar-refractivity contribution in [2.45, 2.75) is 52.0 Å². The third kappa shape index (κ3) is 7.22. The topological polar surface area (TPSA) is 68.7 Å². The molecule has 1 aliphatic rings. The number of para-hydroxylation sites is 1. The van der Waals surface area contributed by atoms with Crippen molar-refractivity contribution in [2.75, 3.05) is 0 Å². The summed E-state index contributed by atoms with van der Waals surface area (Å²) in [4.78, 5) is 16.4. The van der Waals surface area contributed by atoms with E-state index in [-0.39, 0.29) is 32.5 Å². The van der Waals surface area contributed by atoms with E-state index < -0.39 is 17.7 Å². The number of aliphatic carboxylic acids is 1. The molecule has 0 aliphatic heterocycles. The van der Waals surface area contributed by atoms with Gasteiger partial charge in [0.15, 0.2) is 0 Å². The van der Waals surface area contributed by atoms with Crippen LogP contribution in [0.3, 0.4) is 0 Å². The van der Waals surface area contributed by atoms with Crippen LogP contribution >= 0.6 is 11.3 Å². The zero-order valence-corrected chi connectivity index (χ0v) is 21.0. The van der Waals surface area contributed by atoms with Crippen LogP contribution in [0.2, 0.25) is 0 Å². The summed E-state index contributed by atoms with van der Waals surface area (Å²) in [6.07, 6.45) is -1.01. The van der Waals surface area contributed by atoms with Gasteiger partial charge in [0.05, 0.1) is 10.6 Å². The minimum Gasteiger partial charge on any atom is -0.488 e. The Labute approximate surface area is 216 Å². The molecule has 5 nitrogen and oxygen atoms in total. The molecule has 4 rings (SSSR count). The molecule has 0 bridgehead atoms. The number of thiazole rings is 1. The van der Waals surface area contributed by atoms with Gasteiger partial charge in [-0.1, -0.05) is 36.4 Å². The fourth-order valence-corrected chi connectivity index (χ4v) is 4.93. The van der Waals surface area contributed by atoms with Crippen LogP contribution in [0.25, 0.3) is 5.57 Å². The van der Waals surface area contributed by atoms with Crippen molar-refractivity contribution in [2.24, 2.45) is 0 Å². The van der Waals surface area contributed by atoms with Crippen LogP contribution in [-0.2, 0) is 24.4 Å².